The summed E-state index contributed by atoms with van der Waals surface area (Å²) in [6.07, 6.45) is -0.783. The lowest BCUT2D eigenvalue weighted by Crippen LogP contribution is -2.25. The highest BCUT2D eigenvalue weighted by molar-refractivity contribution is 5.43. The molecule has 1 aromatic rings. The fraction of sp³-hybridized carbons (Fsp3) is 0.600. The Morgan fingerprint density at radius 3 is 2.53 bits per heavy atom. The summed E-state index contributed by atoms with van der Waals surface area (Å²) in [7, 11) is 0. The number of aliphatic hydroxyl groups excluding tert-OH is 1. The molecule has 0 saturated heterocycles. The number of benzene rings is 1. The first-order chi connectivity index (χ1) is 9.08. The van der Waals surface area contributed by atoms with E-state index >= 15 is 0 Å². The SMILES string of the molecule is CCNCc1ccc(OC(C)C(C)O)c(OCC)c1. The Balaban J connectivity index is 2.84. The number of hydrogen-bond acceptors (Lipinski definition) is 4. The molecule has 0 spiro atoms. The first kappa shape index (κ1) is 15.8. The van der Waals surface area contributed by atoms with E-state index in [2.05, 4.69) is 12.2 Å². The van der Waals surface area contributed by atoms with E-state index in [1.54, 1.807) is 6.92 Å². The minimum Gasteiger partial charge on any atom is -0.490 e. The summed E-state index contributed by atoms with van der Waals surface area (Å²) in [5, 5.41) is 12.8. The van der Waals surface area contributed by atoms with Crippen molar-refractivity contribution in [3.63, 3.8) is 0 Å². The van der Waals surface area contributed by atoms with Gasteiger partial charge in [-0.25, -0.2) is 0 Å². The number of ether oxygens (including phenoxy) is 2. The van der Waals surface area contributed by atoms with Crippen LogP contribution in [0.5, 0.6) is 11.5 Å². The largest absolute Gasteiger partial charge is 0.490 e. The van der Waals surface area contributed by atoms with Gasteiger partial charge in [0.15, 0.2) is 11.5 Å². The number of nitrogens with one attached hydrogen (secondary N) is 1. The number of hydrogen-bond donors (Lipinski definition) is 2. The maximum atomic E-state index is 9.50. The molecule has 0 saturated carbocycles. The van der Waals surface area contributed by atoms with Crippen LogP contribution in [0.15, 0.2) is 18.2 Å². The molecule has 0 aliphatic carbocycles. The summed E-state index contributed by atoms with van der Waals surface area (Å²) in [6, 6.07) is 5.89. The Morgan fingerprint density at radius 1 is 1.21 bits per heavy atom. The van der Waals surface area contributed by atoms with Gasteiger partial charge in [0, 0.05) is 6.54 Å². The fourth-order valence-corrected chi connectivity index (χ4v) is 1.60. The van der Waals surface area contributed by atoms with Gasteiger partial charge >= 0.3 is 0 Å². The van der Waals surface area contributed by atoms with Crippen LogP contribution in [0, 0.1) is 0 Å². The van der Waals surface area contributed by atoms with Crippen LogP contribution >= 0.6 is 0 Å². The van der Waals surface area contributed by atoms with Crippen LogP contribution in [-0.2, 0) is 6.54 Å². The quantitative estimate of drug-likeness (QED) is 0.759. The van der Waals surface area contributed by atoms with Crippen LogP contribution in [0.4, 0.5) is 0 Å². The first-order valence-electron chi connectivity index (χ1n) is 6.89. The highest BCUT2D eigenvalue weighted by atomic mass is 16.5. The van der Waals surface area contributed by atoms with E-state index in [1.807, 2.05) is 32.0 Å². The summed E-state index contributed by atoms with van der Waals surface area (Å²) in [5.74, 6) is 1.40. The predicted octanol–water partition coefficient (Wildman–Crippen LogP) is 2.34. The molecular formula is C15H25NO3. The third-order valence-corrected chi connectivity index (χ3v) is 2.88. The smallest absolute Gasteiger partial charge is 0.161 e. The van der Waals surface area contributed by atoms with Gasteiger partial charge in [-0.3, -0.25) is 0 Å². The van der Waals surface area contributed by atoms with E-state index in [1.165, 1.54) is 0 Å². The van der Waals surface area contributed by atoms with Gasteiger partial charge in [0.25, 0.3) is 0 Å². The van der Waals surface area contributed by atoms with Gasteiger partial charge in [-0.2, -0.15) is 0 Å². The van der Waals surface area contributed by atoms with Crippen molar-refractivity contribution in [3.05, 3.63) is 23.8 Å². The summed E-state index contributed by atoms with van der Waals surface area (Å²) in [6.45, 7) is 9.90. The van der Waals surface area contributed by atoms with Crippen LogP contribution in [0.3, 0.4) is 0 Å². The van der Waals surface area contributed by atoms with Crippen molar-refractivity contribution in [2.45, 2.75) is 46.4 Å². The molecule has 108 valence electrons. The highest BCUT2D eigenvalue weighted by Crippen LogP contribution is 2.29. The second-order valence-corrected chi connectivity index (χ2v) is 4.56. The Kier molecular flexibility index (Phi) is 6.67. The lowest BCUT2D eigenvalue weighted by molar-refractivity contribution is 0.0582. The molecule has 0 bridgehead atoms. The Bertz CT molecular complexity index is 380. The van der Waals surface area contributed by atoms with Crippen LogP contribution in [0.1, 0.15) is 33.3 Å². The molecule has 0 aliphatic rings. The molecule has 4 heteroatoms. The highest BCUT2D eigenvalue weighted by Gasteiger charge is 2.14. The van der Waals surface area contributed by atoms with E-state index in [9.17, 15) is 5.11 Å². The molecule has 19 heavy (non-hydrogen) atoms. The zero-order chi connectivity index (χ0) is 14.3. The standard InChI is InChI=1S/C15H25NO3/c1-5-16-10-13-7-8-14(15(9-13)18-6-2)19-12(4)11(3)17/h7-9,11-12,16-17H,5-6,10H2,1-4H3. The van der Waals surface area contributed by atoms with Crippen LogP contribution in [0.25, 0.3) is 0 Å². The average molecular weight is 267 g/mol. The summed E-state index contributed by atoms with van der Waals surface area (Å²) < 4.78 is 11.3. The van der Waals surface area contributed by atoms with Gasteiger partial charge in [-0.05, 0) is 45.0 Å². The number of rotatable bonds is 8. The molecule has 1 aromatic carbocycles. The molecule has 0 aliphatic heterocycles. The molecule has 0 radical (unpaired) electrons. The van der Waals surface area contributed by atoms with Crippen molar-refractivity contribution >= 4 is 0 Å². The molecule has 1 rings (SSSR count). The fourth-order valence-electron chi connectivity index (χ4n) is 1.60. The molecule has 2 atom stereocenters. The van der Waals surface area contributed by atoms with Gasteiger partial charge in [0.1, 0.15) is 6.10 Å². The van der Waals surface area contributed by atoms with E-state index in [4.69, 9.17) is 9.47 Å². The monoisotopic (exact) mass is 267 g/mol. The van der Waals surface area contributed by atoms with Crippen molar-refractivity contribution < 1.29 is 14.6 Å². The van der Waals surface area contributed by atoms with Gasteiger partial charge < -0.3 is 19.9 Å². The number of aliphatic hydroxyl groups is 1. The van der Waals surface area contributed by atoms with E-state index < -0.39 is 6.10 Å². The first-order valence-corrected chi connectivity index (χ1v) is 6.89. The Labute approximate surface area is 115 Å². The summed E-state index contributed by atoms with van der Waals surface area (Å²) in [5.41, 5.74) is 1.15. The lowest BCUT2D eigenvalue weighted by Gasteiger charge is -2.20. The van der Waals surface area contributed by atoms with Crippen molar-refractivity contribution in [3.8, 4) is 11.5 Å². The zero-order valence-corrected chi connectivity index (χ0v) is 12.3. The van der Waals surface area contributed by atoms with Gasteiger partial charge in [-0.1, -0.05) is 13.0 Å². The Hall–Kier alpha value is -1.26. The maximum Gasteiger partial charge on any atom is 0.161 e. The molecule has 0 heterocycles. The van der Waals surface area contributed by atoms with E-state index in [0.29, 0.717) is 12.4 Å². The second kappa shape index (κ2) is 8.02. The minimum absolute atomic E-state index is 0.265. The van der Waals surface area contributed by atoms with Crippen LogP contribution in [-0.4, -0.2) is 30.5 Å². The Morgan fingerprint density at radius 2 is 1.95 bits per heavy atom. The van der Waals surface area contributed by atoms with Crippen LogP contribution < -0.4 is 14.8 Å². The lowest BCUT2D eigenvalue weighted by atomic mass is 10.2. The van der Waals surface area contributed by atoms with Crippen LogP contribution in [0.2, 0.25) is 0 Å². The third-order valence-electron chi connectivity index (χ3n) is 2.88. The molecule has 0 aromatic heterocycles. The zero-order valence-electron chi connectivity index (χ0n) is 12.3. The predicted molar refractivity (Wildman–Crippen MR) is 76.8 cm³/mol. The second-order valence-electron chi connectivity index (χ2n) is 4.56. The van der Waals surface area contributed by atoms with Crippen molar-refractivity contribution in [1.29, 1.82) is 0 Å². The molecule has 2 N–H and O–H groups in total. The van der Waals surface area contributed by atoms with E-state index in [0.717, 1.165) is 24.4 Å². The van der Waals surface area contributed by atoms with Gasteiger partial charge in [0.2, 0.25) is 0 Å². The molecular weight excluding hydrogens is 242 g/mol. The topological polar surface area (TPSA) is 50.7 Å². The maximum absolute atomic E-state index is 9.50. The van der Waals surface area contributed by atoms with Crippen molar-refractivity contribution in [2.75, 3.05) is 13.2 Å². The summed E-state index contributed by atoms with van der Waals surface area (Å²) >= 11 is 0. The van der Waals surface area contributed by atoms with Crippen molar-refractivity contribution in [1.82, 2.24) is 5.32 Å². The molecule has 0 fully saturated rings. The summed E-state index contributed by atoms with van der Waals surface area (Å²) in [4.78, 5) is 0. The minimum atomic E-state index is -0.518. The average Bonchev–Trinajstić information content (AvgIpc) is 2.39. The van der Waals surface area contributed by atoms with Gasteiger partial charge in [0.05, 0.1) is 12.7 Å². The molecule has 0 amide bonds. The van der Waals surface area contributed by atoms with Crippen molar-refractivity contribution in [2.24, 2.45) is 0 Å². The molecule has 4 nitrogen and oxygen atoms in total. The molecule has 2 unspecified atom stereocenters. The van der Waals surface area contributed by atoms with Gasteiger partial charge in [-0.15, -0.1) is 0 Å². The third kappa shape index (κ3) is 5.09. The van der Waals surface area contributed by atoms with E-state index in [-0.39, 0.29) is 6.10 Å². The normalized spacial score (nSPS) is 13.9.